The summed E-state index contributed by atoms with van der Waals surface area (Å²) in [6.45, 7) is 1.56. The summed E-state index contributed by atoms with van der Waals surface area (Å²) in [6.07, 6.45) is 0.348. The van der Waals surface area contributed by atoms with Crippen LogP contribution in [0.2, 0.25) is 5.02 Å². The van der Waals surface area contributed by atoms with Crippen LogP contribution in [0.25, 0.3) is 0 Å². The second kappa shape index (κ2) is 12.8. The van der Waals surface area contributed by atoms with E-state index in [9.17, 15) is 19.2 Å². The third kappa shape index (κ3) is 8.68. The van der Waals surface area contributed by atoms with Crippen LogP contribution in [0.4, 0.5) is 11.4 Å². The number of anilines is 2. The molecule has 2 aromatic rings. The maximum Gasteiger partial charge on any atom is 0.338 e. The van der Waals surface area contributed by atoms with Crippen molar-refractivity contribution in [3.05, 3.63) is 57.5 Å². The van der Waals surface area contributed by atoms with Crippen molar-refractivity contribution in [2.75, 3.05) is 23.8 Å². The number of carbonyl (C=O) groups excluding carboxylic acids is 4. The number of rotatable bonds is 10. The molecule has 0 fully saturated rings. The molecule has 0 bridgehead atoms. The lowest BCUT2D eigenvalue weighted by Gasteiger charge is -2.08. The van der Waals surface area contributed by atoms with Crippen molar-refractivity contribution in [2.24, 2.45) is 0 Å². The first-order chi connectivity index (χ1) is 15.3. The van der Waals surface area contributed by atoms with E-state index in [2.05, 4.69) is 26.6 Å². The van der Waals surface area contributed by atoms with Gasteiger partial charge >= 0.3 is 11.9 Å². The number of hydrogen-bond acceptors (Lipinski definition) is 6. The van der Waals surface area contributed by atoms with Crippen LogP contribution in [-0.2, 0) is 23.9 Å². The molecule has 8 nitrogen and oxygen atoms in total. The number of benzene rings is 2. The fourth-order valence-electron chi connectivity index (χ4n) is 2.51. The molecule has 10 heteroatoms. The summed E-state index contributed by atoms with van der Waals surface area (Å²) in [4.78, 5) is 47.3. The summed E-state index contributed by atoms with van der Waals surface area (Å²) in [5, 5.41) is 5.69. The highest BCUT2D eigenvalue weighted by Crippen LogP contribution is 2.25. The molecule has 170 valence electrons. The maximum atomic E-state index is 12.0. The molecule has 32 heavy (non-hydrogen) atoms. The van der Waals surface area contributed by atoms with Gasteiger partial charge in [0.25, 0.3) is 5.91 Å². The number of ether oxygens (including phenoxy) is 2. The Morgan fingerprint density at radius 3 is 2.22 bits per heavy atom. The SMILES string of the molecule is CCOC(=O)c1ccc(NC(=O)CCCC(=O)OCC(=O)Nc2ccc(Br)c(Cl)c2)cc1. The Bertz CT molecular complexity index is 981. The molecule has 2 N–H and O–H groups in total. The first-order valence-electron chi connectivity index (χ1n) is 9.76. The van der Waals surface area contributed by atoms with E-state index in [1.807, 2.05) is 0 Å². The Morgan fingerprint density at radius 2 is 1.56 bits per heavy atom. The van der Waals surface area contributed by atoms with Crippen LogP contribution in [0.1, 0.15) is 36.5 Å². The lowest BCUT2D eigenvalue weighted by Crippen LogP contribution is -2.21. The van der Waals surface area contributed by atoms with Crippen LogP contribution in [-0.4, -0.2) is 37.0 Å². The van der Waals surface area contributed by atoms with Gasteiger partial charge in [0.2, 0.25) is 5.91 Å². The standard InChI is InChI=1S/C22H22BrClN2O6/c1-2-31-22(30)14-6-8-15(9-7-14)25-19(27)4-3-5-21(29)32-13-20(28)26-16-10-11-17(23)18(24)12-16/h6-12H,2-5,13H2,1H3,(H,25,27)(H,26,28). The molecule has 0 saturated heterocycles. The highest BCUT2D eigenvalue weighted by atomic mass is 79.9. The molecule has 2 rings (SSSR count). The molecule has 2 aromatic carbocycles. The van der Waals surface area contributed by atoms with Crippen molar-refractivity contribution in [3.8, 4) is 0 Å². The molecule has 0 aliphatic heterocycles. The molecule has 0 aliphatic rings. The number of nitrogens with one attached hydrogen (secondary N) is 2. The van der Waals surface area contributed by atoms with E-state index < -0.39 is 24.5 Å². The quantitative estimate of drug-likeness (QED) is 0.440. The van der Waals surface area contributed by atoms with Gasteiger partial charge in [0, 0.05) is 28.7 Å². The molecular formula is C22H22BrClN2O6. The van der Waals surface area contributed by atoms with E-state index in [-0.39, 0.29) is 31.8 Å². The second-order valence-corrected chi connectivity index (χ2v) is 7.80. The Morgan fingerprint density at radius 1 is 0.906 bits per heavy atom. The van der Waals surface area contributed by atoms with Gasteiger partial charge in [-0.25, -0.2) is 4.79 Å². The number of hydrogen-bond donors (Lipinski definition) is 2. The Labute approximate surface area is 198 Å². The lowest BCUT2D eigenvalue weighted by molar-refractivity contribution is -0.147. The summed E-state index contributed by atoms with van der Waals surface area (Å²) >= 11 is 9.21. The number of halogens is 2. The largest absolute Gasteiger partial charge is 0.462 e. The molecule has 0 atom stereocenters. The number of amides is 2. The summed E-state index contributed by atoms with van der Waals surface area (Å²) in [5.74, 6) is -1.80. The number of esters is 2. The summed E-state index contributed by atoms with van der Waals surface area (Å²) in [7, 11) is 0. The van der Waals surface area contributed by atoms with Crippen molar-refractivity contribution in [3.63, 3.8) is 0 Å². The lowest BCUT2D eigenvalue weighted by atomic mass is 10.2. The van der Waals surface area contributed by atoms with Crippen LogP contribution in [0.5, 0.6) is 0 Å². The topological polar surface area (TPSA) is 111 Å². The second-order valence-electron chi connectivity index (χ2n) is 6.54. The zero-order chi connectivity index (χ0) is 23.5. The van der Waals surface area contributed by atoms with E-state index in [0.717, 1.165) is 0 Å². The Balaban J connectivity index is 1.65. The minimum Gasteiger partial charge on any atom is -0.462 e. The third-order valence-electron chi connectivity index (χ3n) is 4.03. The first kappa shape index (κ1) is 25.4. The third-order valence-corrected chi connectivity index (χ3v) is 5.26. The van der Waals surface area contributed by atoms with Crippen molar-refractivity contribution < 1.29 is 28.7 Å². The van der Waals surface area contributed by atoms with Crippen LogP contribution >= 0.6 is 27.5 Å². The van der Waals surface area contributed by atoms with Crippen molar-refractivity contribution in [1.82, 2.24) is 0 Å². The minimum absolute atomic E-state index is 0.00733. The van der Waals surface area contributed by atoms with E-state index >= 15 is 0 Å². The molecule has 0 aliphatic carbocycles. The van der Waals surface area contributed by atoms with Gasteiger partial charge in [-0.05, 0) is 71.7 Å². The van der Waals surface area contributed by atoms with E-state index in [1.165, 1.54) is 0 Å². The fraction of sp³-hybridized carbons (Fsp3) is 0.273. The Hall–Kier alpha value is -2.91. The maximum absolute atomic E-state index is 12.0. The summed E-state index contributed by atoms with van der Waals surface area (Å²) < 4.78 is 10.5. The van der Waals surface area contributed by atoms with Gasteiger partial charge < -0.3 is 20.1 Å². The zero-order valence-electron chi connectivity index (χ0n) is 17.3. The monoisotopic (exact) mass is 524 g/mol. The fourth-order valence-corrected chi connectivity index (χ4v) is 2.94. The van der Waals surface area contributed by atoms with Gasteiger partial charge in [0.15, 0.2) is 6.61 Å². The average molecular weight is 526 g/mol. The minimum atomic E-state index is -0.583. The van der Waals surface area contributed by atoms with Crippen molar-refractivity contribution in [1.29, 1.82) is 0 Å². The molecule has 0 unspecified atom stereocenters. The molecule has 2 amide bonds. The van der Waals surface area contributed by atoms with E-state index in [0.29, 0.717) is 26.4 Å². The molecule has 0 spiro atoms. The normalized spacial score (nSPS) is 10.2. The van der Waals surface area contributed by atoms with Crippen molar-refractivity contribution in [2.45, 2.75) is 26.2 Å². The highest BCUT2D eigenvalue weighted by Gasteiger charge is 2.11. The summed E-state index contributed by atoms with van der Waals surface area (Å²) in [6, 6.07) is 11.2. The predicted molar refractivity (Wildman–Crippen MR) is 124 cm³/mol. The Kier molecular flexibility index (Phi) is 10.2. The van der Waals surface area contributed by atoms with Gasteiger partial charge in [0.05, 0.1) is 17.2 Å². The van der Waals surface area contributed by atoms with Crippen molar-refractivity contribution >= 4 is 62.7 Å². The van der Waals surface area contributed by atoms with E-state index in [4.69, 9.17) is 21.1 Å². The van der Waals surface area contributed by atoms with Crippen LogP contribution in [0, 0.1) is 0 Å². The van der Waals surface area contributed by atoms with Gasteiger partial charge in [0.1, 0.15) is 0 Å². The molecule has 0 radical (unpaired) electrons. The van der Waals surface area contributed by atoms with Crippen LogP contribution in [0.3, 0.4) is 0 Å². The predicted octanol–water partition coefficient (Wildman–Crippen LogP) is 4.57. The molecule has 0 heterocycles. The van der Waals surface area contributed by atoms with Gasteiger partial charge in [-0.1, -0.05) is 11.6 Å². The summed E-state index contributed by atoms with van der Waals surface area (Å²) in [5.41, 5.74) is 1.39. The molecule has 0 aromatic heterocycles. The highest BCUT2D eigenvalue weighted by molar-refractivity contribution is 9.10. The molecule has 0 saturated carbocycles. The number of carbonyl (C=O) groups is 4. The van der Waals surface area contributed by atoms with Crippen LogP contribution in [0.15, 0.2) is 46.9 Å². The smallest absolute Gasteiger partial charge is 0.338 e. The average Bonchev–Trinajstić information content (AvgIpc) is 2.75. The zero-order valence-corrected chi connectivity index (χ0v) is 19.6. The van der Waals surface area contributed by atoms with Crippen LogP contribution < -0.4 is 10.6 Å². The van der Waals surface area contributed by atoms with E-state index in [1.54, 1.807) is 49.4 Å². The molecular weight excluding hydrogens is 504 g/mol. The van der Waals surface area contributed by atoms with Gasteiger partial charge in [-0.2, -0.15) is 0 Å². The van der Waals surface area contributed by atoms with Gasteiger partial charge in [-0.3, -0.25) is 14.4 Å². The van der Waals surface area contributed by atoms with Gasteiger partial charge in [-0.15, -0.1) is 0 Å². The first-order valence-corrected chi connectivity index (χ1v) is 10.9.